The van der Waals surface area contributed by atoms with Crippen molar-refractivity contribution >= 4 is 22.4 Å². The molecule has 0 atom stereocenters. The van der Waals surface area contributed by atoms with Crippen molar-refractivity contribution in [1.82, 2.24) is 15.0 Å². The maximum Gasteiger partial charge on any atom is 0.211 e. The Morgan fingerprint density at radius 2 is 1.50 bits per heavy atom. The zero-order chi connectivity index (χ0) is 11.8. The molecule has 2 heterocycles. The van der Waals surface area contributed by atoms with E-state index in [1.165, 1.54) is 18.5 Å². The Balaban J connectivity index is 2.41. The van der Waals surface area contributed by atoms with Crippen LogP contribution in [0.5, 0.6) is 0 Å². The minimum Gasteiger partial charge on any atom is -0.394 e. The summed E-state index contributed by atoms with van der Waals surface area (Å²) in [6.07, 6.45) is 4.62. The van der Waals surface area contributed by atoms with Crippen LogP contribution in [0.25, 0.3) is 0 Å². The Labute approximate surface area is 99.3 Å². The number of aromatic nitrogens is 3. The fourth-order valence-electron chi connectivity index (χ4n) is 2.89. The maximum atomic E-state index is 4.37. The highest BCUT2D eigenvalue weighted by molar-refractivity contribution is 7.01. The van der Waals surface area contributed by atoms with Gasteiger partial charge < -0.3 is 4.23 Å². The number of rotatable bonds is 1. The molecule has 88 valence electrons. The summed E-state index contributed by atoms with van der Waals surface area (Å²) in [5.41, 5.74) is 0. The van der Waals surface area contributed by atoms with Crippen LogP contribution in [0.1, 0.15) is 6.42 Å². The smallest absolute Gasteiger partial charge is 0.211 e. The second kappa shape index (κ2) is 3.92. The lowest BCUT2D eigenvalue weighted by Crippen LogP contribution is -2.65. The third-order valence-corrected chi connectivity index (χ3v) is 13.1. The van der Waals surface area contributed by atoms with E-state index in [0.717, 1.165) is 5.95 Å². The van der Waals surface area contributed by atoms with Gasteiger partial charge in [-0.05, 0) is 12.1 Å². The zero-order valence-corrected chi connectivity index (χ0v) is 12.6. The molecule has 0 spiro atoms. The normalized spacial score (nSPS) is 23.1. The Kier molecular flexibility index (Phi) is 2.87. The van der Waals surface area contributed by atoms with Crippen molar-refractivity contribution in [3.63, 3.8) is 0 Å². The maximum absolute atomic E-state index is 4.37. The third kappa shape index (κ3) is 2.03. The molecule has 16 heavy (non-hydrogen) atoms. The van der Waals surface area contributed by atoms with Crippen molar-refractivity contribution in [1.29, 1.82) is 0 Å². The minimum atomic E-state index is -1.35. The summed E-state index contributed by atoms with van der Waals surface area (Å²) in [6, 6.07) is 2.71. The van der Waals surface area contributed by atoms with Crippen molar-refractivity contribution in [2.45, 2.75) is 44.7 Å². The first-order chi connectivity index (χ1) is 7.43. The lowest BCUT2D eigenvalue weighted by molar-refractivity contribution is 0.930. The summed E-state index contributed by atoms with van der Waals surface area (Å²) in [5.74, 6) is 0.919. The van der Waals surface area contributed by atoms with Crippen molar-refractivity contribution in [2.75, 3.05) is 4.23 Å². The van der Waals surface area contributed by atoms with Crippen LogP contribution in [0.15, 0.2) is 12.7 Å². The highest BCUT2D eigenvalue weighted by Gasteiger charge is 2.45. The van der Waals surface area contributed by atoms with Crippen LogP contribution in [0.2, 0.25) is 38.3 Å². The molecule has 2 rings (SSSR count). The fourth-order valence-corrected chi connectivity index (χ4v) is 14.3. The van der Waals surface area contributed by atoms with E-state index in [-0.39, 0.29) is 0 Å². The molecule has 1 fully saturated rings. The molecule has 6 heteroatoms. The van der Waals surface area contributed by atoms with Gasteiger partial charge in [0.15, 0.2) is 0 Å². The molecule has 1 aromatic rings. The van der Waals surface area contributed by atoms with Gasteiger partial charge in [0.25, 0.3) is 0 Å². The van der Waals surface area contributed by atoms with Gasteiger partial charge in [0.2, 0.25) is 5.95 Å². The van der Waals surface area contributed by atoms with E-state index in [4.69, 9.17) is 0 Å². The Morgan fingerprint density at radius 3 is 2.00 bits per heavy atom. The van der Waals surface area contributed by atoms with Crippen LogP contribution in [-0.2, 0) is 0 Å². The van der Waals surface area contributed by atoms with Crippen LogP contribution in [-0.4, -0.2) is 31.4 Å². The molecule has 0 bridgehead atoms. The molecule has 0 saturated carbocycles. The zero-order valence-electron chi connectivity index (χ0n) is 10.6. The molecule has 0 unspecified atom stereocenters. The van der Waals surface area contributed by atoms with E-state index in [1.54, 1.807) is 12.7 Å². The topological polar surface area (TPSA) is 41.9 Å². The monoisotopic (exact) mass is 252 g/mol. The van der Waals surface area contributed by atoms with Gasteiger partial charge in [0.1, 0.15) is 29.1 Å². The highest BCUT2D eigenvalue weighted by Crippen LogP contribution is 2.36. The molecule has 0 N–H and O–H groups in total. The van der Waals surface area contributed by atoms with E-state index in [0.29, 0.717) is 0 Å². The summed E-state index contributed by atoms with van der Waals surface area (Å²) in [5, 5.41) is 0. The summed E-state index contributed by atoms with van der Waals surface area (Å²) >= 11 is 0. The molecule has 4 nitrogen and oxygen atoms in total. The molecular weight excluding hydrogens is 232 g/mol. The van der Waals surface area contributed by atoms with Gasteiger partial charge in [-0.3, -0.25) is 0 Å². The third-order valence-electron chi connectivity index (χ3n) is 3.47. The molecule has 1 aliphatic rings. The Bertz CT molecular complexity index is 350. The number of anilines is 1. The van der Waals surface area contributed by atoms with Gasteiger partial charge >= 0.3 is 0 Å². The van der Waals surface area contributed by atoms with Crippen LogP contribution in [0.4, 0.5) is 5.95 Å². The van der Waals surface area contributed by atoms with Crippen LogP contribution < -0.4 is 4.23 Å². The standard InChI is InChI=1S/C10H20N4Si2/c1-15(2)6-5-7-16(3,4)14(15)10-12-8-11-9-13-10/h8-9H,5-7H2,1-4H3. The van der Waals surface area contributed by atoms with Gasteiger partial charge in [-0.15, -0.1) is 0 Å². The van der Waals surface area contributed by atoms with Crippen molar-refractivity contribution < 1.29 is 0 Å². The Morgan fingerprint density at radius 1 is 1.00 bits per heavy atom. The fraction of sp³-hybridized carbons (Fsp3) is 0.700. The molecule has 1 aromatic heterocycles. The van der Waals surface area contributed by atoms with E-state index in [2.05, 4.69) is 45.4 Å². The molecule has 0 aromatic carbocycles. The van der Waals surface area contributed by atoms with Crippen molar-refractivity contribution in [3.05, 3.63) is 12.7 Å². The molecule has 0 radical (unpaired) electrons. The SMILES string of the molecule is C[Si]1(C)CCC[Si](C)(C)N1c1ncncn1. The lowest BCUT2D eigenvalue weighted by atomic mass is 10.6. The van der Waals surface area contributed by atoms with Gasteiger partial charge in [-0.2, -0.15) is 0 Å². The van der Waals surface area contributed by atoms with E-state index < -0.39 is 16.5 Å². The Hall–Kier alpha value is -0.756. The predicted molar refractivity (Wildman–Crippen MR) is 71.5 cm³/mol. The molecule has 0 aliphatic carbocycles. The first-order valence-corrected chi connectivity index (χ1v) is 12.2. The second-order valence-electron chi connectivity index (χ2n) is 5.75. The molecule has 0 amide bonds. The summed E-state index contributed by atoms with van der Waals surface area (Å²) in [4.78, 5) is 12.7. The van der Waals surface area contributed by atoms with Crippen LogP contribution >= 0.6 is 0 Å². The molecular formula is C10H20N4Si2. The van der Waals surface area contributed by atoms with Gasteiger partial charge in [-0.25, -0.2) is 15.0 Å². The minimum absolute atomic E-state index is 0.919. The summed E-state index contributed by atoms with van der Waals surface area (Å²) < 4.78 is 2.62. The van der Waals surface area contributed by atoms with Gasteiger partial charge in [0.05, 0.1) is 0 Å². The quantitative estimate of drug-likeness (QED) is 0.720. The van der Waals surface area contributed by atoms with E-state index in [9.17, 15) is 0 Å². The molecule has 1 saturated heterocycles. The second-order valence-corrected chi connectivity index (χ2v) is 15.3. The number of hydrogen-bond donors (Lipinski definition) is 0. The van der Waals surface area contributed by atoms with E-state index >= 15 is 0 Å². The first kappa shape index (κ1) is 11.7. The largest absolute Gasteiger partial charge is 0.394 e. The van der Waals surface area contributed by atoms with Crippen molar-refractivity contribution in [2.24, 2.45) is 0 Å². The summed E-state index contributed by atoms with van der Waals surface area (Å²) in [6.45, 7) is 9.74. The van der Waals surface area contributed by atoms with Gasteiger partial charge in [-0.1, -0.05) is 32.6 Å². The average Bonchev–Trinajstić information content (AvgIpc) is 2.16. The van der Waals surface area contributed by atoms with Crippen LogP contribution in [0, 0.1) is 0 Å². The first-order valence-electron chi connectivity index (χ1n) is 5.86. The summed E-state index contributed by atoms with van der Waals surface area (Å²) in [7, 11) is -2.71. The average molecular weight is 252 g/mol. The molecule has 1 aliphatic heterocycles. The van der Waals surface area contributed by atoms with Crippen molar-refractivity contribution in [3.8, 4) is 0 Å². The number of hydrogen-bond acceptors (Lipinski definition) is 4. The van der Waals surface area contributed by atoms with Crippen LogP contribution in [0.3, 0.4) is 0 Å². The van der Waals surface area contributed by atoms with E-state index in [1.807, 2.05) is 0 Å². The lowest BCUT2D eigenvalue weighted by Gasteiger charge is -2.51. The highest BCUT2D eigenvalue weighted by atomic mass is 28.4. The number of nitrogens with zero attached hydrogens (tertiary/aromatic N) is 4. The predicted octanol–water partition coefficient (Wildman–Crippen LogP) is 2.49. The van der Waals surface area contributed by atoms with Gasteiger partial charge in [0, 0.05) is 0 Å².